The molecule has 0 aliphatic heterocycles. The first-order valence-electron chi connectivity index (χ1n) is 9.84. The normalized spacial score (nSPS) is 12.0. The number of aromatic nitrogens is 2. The molecular formula is C22H20F4N2O5S. The van der Waals surface area contributed by atoms with E-state index in [1.54, 1.807) is 0 Å². The largest absolute Gasteiger partial charge is 0.494 e. The Labute approximate surface area is 192 Å². The highest BCUT2D eigenvalue weighted by molar-refractivity contribution is 7.90. The summed E-state index contributed by atoms with van der Waals surface area (Å²) in [5.74, 6) is -2.01. The molecule has 0 radical (unpaired) electrons. The average molecular weight is 500 g/mol. The van der Waals surface area contributed by atoms with Crippen molar-refractivity contribution < 1.29 is 40.2 Å². The maximum absolute atomic E-state index is 14.4. The molecule has 0 saturated carbocycles. The van der Waals surface area contributed by atoms with Crippen molar-refractivity contribution in [3.63, 3.8) is 0 Å². The van der Waals surface area contributed by atoms with E-state index in [4.69, 9.17) is 9.47 Å². The number of benzene rings is 2. The Hall–Kier alpha value is -3.41. The van der Waals surface area contributed by atoms with E-state index in [2.05, 4.69) is 5.10 Å². The van der Waals surface area contributed by atoms with Crippen LogP contribution in [0.1, 0.15) is 12.6 Å². The SMILES string of the molecule is CCOC(=O)Cn1nc(-c2ccc(S(C)(=O)=O)cc2)c(-c2ccc(OC)c(F)c2)c1C(F)(F)F. The van der Waals surface area contributed by atoms with Gasteiger partial charge < -0.3 is 9.47 Å². The van der Waals surface area contributed by atoms with Crippen LogP contribution in [-0.4, -0.2) is 44.1 Å². The van der Waals surface area contributed by atoms with E-state index in [1.807, 2.05) is 0 Å². The van der Waals surface area contributed by atoms with Crippen LogP contribution in [0, 0.1) is 5.82 Å². The topological polar surface area (TPSA) is 87.5 Å². The van der Waals surface area contributed by atoms with Crippen molar-refractivity contribution in [2.45, 2.75) is 24.5 Å². The van der Waals surface area contributed by atoms with Crippen LogP contribution >= 0.6 is 0 Å². The molecule has 0 fully saturated rings. The van der Waals surface area contributed by atoms with Crippen LogP contribution in [0.4, 0.5) is 17.6 Å². The van der Waals surface area contributed by atoms with Gasteiger partial charge in [-0.2, -0.15) is 18.3 Å². The molecule has 0 spiro atoms. The number of carbonyl (C=O) groups excluding carboxylic acids is 1. The van der Waals surface area contributed by atoms with Crippen molar-refractivity contribution >= 4 is 15.8 Å². The molecule has 0 saturated heterocycles. The minimum absolute atomic E-state index is 0.0438. The van der Waals surface area contributed by atoms with E-state index < -0.39 is 45.6 Å². The number of sulfone groups is 1. The molecule has 182 valence electrons. The van der Waals surface area contributed by atoms with E-state index in [-0.39, 0.29) is 34.1 Å². The maximum Gasteiger partial charge on any atom is 0.433 e. The van der Waals surface area contributed by atoms with Crippen LogP contribution in [0.25, 0.3) is 22.4 Å². The van der Waals surface area contributed by atoms with E-state index in [0.717, 1.165) is 12.3 Å². The van der Waals surface area contributed by atoms with Gasteiger partial charge in [-0.3, -0.25) is 4.79 Å². The summed E-state index contributed by atoms with van der Waals surface area (Å²) in [5.41, 5.74) is -2.02. The lowest BCUT2D eigenvalue weighted by Gasteiger charge is -2.13. The Balaban J connectivity index is 2.32. The molecule has 0 amide bonds. The minimum Gasteiger partial charge on any atom is -0.494 e. The Morgan fingerprint density at radius 3 is 2.21 bits per heavy atom. The first-order chi connectivity index (χ1) is 15.9. The van der Waals surface area contributed by atoms with E-state index in [9.17, 15) is 30.8 Å². The highest BCUT2D eigenvalue weighted by Crippen LogP contribution is 2.43. The van der Waals surface area contributed by atoms with Gasteiger partial charge in [0.15, 0.2) is 27.1 Å². The molecule has 0 N–H and O–H groups in total. The minimum atomic E-state index is -4.98. The maximum atomic E-state index is 14.4. The van der Waals surface area contributed by atoms with Crippen LogP contribution in [-0.2, 0) is 32.1 Å². The lowest BCUT2D eigenvalue weighted by Crippen LogP contribution is -2.21. The lowest BCUT2D eigenvalue weighted by atomic mass is 9.98. The summed E-state index contributed by atoms with van der Waals surface area (Å²) in [4.78, 5) is 11.9. The molecule has 0 unspecified atom stereocenters. The van der Waals surface area contributed by atoms with Crippen LogP contribution in [0.3, 0.4) is 0 Å². The third kappa shape index (κ3) is 5.22. The highest BCUT2D eigenvalue weighted by atomic mass is 32.2. The Kier molecular flexibility index (Phi) is 7.01. The van der Waals surface area contributed by atoms with Gasteiger partial charge in [-0.05, 0) is 36.8 Å². The number of hydrogen-bond acceptors (Lipinski definition) is 6. The van der Waals surface area contributed by atoms with Gasteiger partial charge in [0.25, 0.3) is 0 Å². The van der Waals surface area contributed by atoms with Crippen molar-refractivity contribution in [3.8, 4) is 28.1 Å². The molecule has 12 heteroatoms. The van der Waals surface area contributed by atoms with E-state index in [0.29, 0.717) is 4.68 Å². The second-order valence-electron chi connectivity index (χ2n) is 7.18. The summed E-state index contributed by atoms with van der Waals surface area (Å²) in [7, 11) is -2.34. The zero-order chi connectivity index (χ0) is 25.3. The van der Waals surface area contributed by atoms with Crippen LogP contribution in [0.2, 0.25) is 0 Å². The fourth-order valence-corrected chi connectivity index (χ4v) is 3.98. The Bertz CT molecular complexity index is 1320. The predicted octanol–water partition coefficient (Wildman–Crippen LogP) is 4.35. The molecule has 0 bridgehead atoms. The number of ether oxygens (including phenoxy) is 2. The zero-order valence-electron chi connectivity index (χ0n) is 18.3. The molecule has 1 heterocycles. The van der Waals surface area contributed by atoms with Crippen molar-refractivity contribution in [2.75, 3.05) is 20.0 Å². The van der Waals surface area contributed by atoms with Crippen molar-refractivity contribution in [3.05, 3.63) is 54.0 Å². The standard InChI is InChI=1S/C22H20F4N2O5S/c1-4-33-18(29)12-28-21(22(24,25)26)19(14-7-10-17(32-2)16(23)11-14)20(27-28)13-5-8-15(9-6-13)34(3,30)31/h5-11H,4,12H2,1-3H3. The monoisotopic (exact) mass is 500 g/mol. The molecule has 0 atom stereocenters. The van der Waals surface area contributed by atoms with E-state index in [1.165, 1.54) is 50.4 Å². The van der Waals surface area contributed by atoms with Crippen molar-refractivity contribution in [1.29, 1.82) is 0 Å². The number of hydrogen-bond donors (Lipinski definition) is 0. The van der Waals surface area contributed by atoms with Gasteiger partial charge in [-0.15, -0.1) is 0 Å². The molecule has 3 aromatic rings. The molecule has 0 aliphatic rings. The first-order valence-corrected chi connectivity index (χ1v) is 11.7. The summed E-state index contributed by atoms with van der Waals surface area (Å²) < 4.78 is 90.7. The summed E-state index contributed by atoms with van der Waals surface area (Å²) in [6, 6.07) is 8.30. The van der Waals surface area contributed by atoms with Gasteiger partial charge in [0.1, 0.15) is 12.2 Å². The third-order valence-electron chi connectivity index (χ3n) is 4.80. The fourth-order valence-electron chi connectivity index (χ4n) is 3.35. The van der Waals surface area contributed by atoms with Crippen LogP contribution < -0.4 is 4.74 Å². The molecule has 1 aromatic heterocycles. The van der Waals surface area contributed by atoms with Crippen LogP contribution in [0.5, 0.6) is 5.75 Å². The third-order valence-corrected chi connectivity index (χ3v) is 5.93. The zero-order valence-corrected chi connectivity index (χ0v) is 19.1. The second kappa shape index (κ2) is 9.45. The second-order valence-corrected chi connectivity index (χ2v) is 9.19. The average Bonchev–Trinajstić information content (AvgIpc) is 3.12. The lowest BCUT2D eigenvalue weighted by molar-refractivity contribution is -0.149. The first kappa shape index (κ1) is 25.2. The molecule has 2 aromatic carbocycles. The fraction of sp³-hybridized carbons (Fsp3) is 0.273. The number of carbonyl (C=O) groups is 1. The Morgan fingerprint density at radius 1 is 1.09 bits per heavy atom. The molecular weight excluding hydrogens is 480 g/mol. The van der Waals surface area contributed by atoms with Gasteiger partial charge in [0.2, 0.25) is 0 Å². The summed E-state index contributed by atoms with van der Waals surface area (Å²) in [5, 5.41) is 4.00. The number of methoxy groups -OCH3 is 1. The summed E-state index contributed by atoms with van der Waals surface area (Å²) >= 11 is 0. The number of nitrogens with zero attached hydrogens (tertiary/aromatic N) is 2. The van der Waals surface area contributed by atoms with Gasteiger partial charge in [0, 0.05) is 17.4 Å². The smallest absolute Gasteiger partial charge is 0.433 e. The molecule has 3 rings (SSSR count). The van der Waals surface area contributed by atoms with Crippen LogP contribution in [0.15, 0.2) is 47.4 Å². The number of esters is 1. The Morgan fingerprint density at radius 2 is 1.71 bits per heavy atom. The highest BCUT2D eigenvalue weighted by Gasteiger charge is 2.41. The number of halogens is 4. The molecule has 0 aliphatic carbocycles. The van der Waals surface area contributed by atoms with Gasteiger partial charge in [0.05, 0.1) is 18.6 Å². The predicted molar refractivity (Wildman–Crippen MR) is 114 cm³/mol. The quantitative estimate of drug-likeness (QED) is 0.354. The van der Waals surface area contributed by atoms with Crippen molar-refractivity contribution in [1.82, 2.24) is 9.78 Å². The van der Waals surface area contributed by atoms with Gasteiger partial charge in [-0.25, -0.2) is 17.5 Å². The molecule has 34 heavy (non-hydrogen) atoms. The summed E-state index contributed by atoms with van der Waals surface area (Å²) in [6.07, 6.45) is -3.99. The number of rotatable bonds is 7. The van der Waals surface area contributed by atoms with E-state index >= 15 is 0 Å². The van der Waals surface area contributed by atoms with Gasteiger partial charge in [-0.1, -0.05) is 18.2 Å². The number of alkyl halides is 3. The van der Waals surface area contributed by atoms with Crippen molar-refractivity contribution in [2.24, 2.45) is 0 Å². The van der Waals surface area contributed by atoms with Gasteiger partial charge >= 0.3 is 12.1 Å². The summed E-state index contributed by atoms with van der Waals surface area (Å²) in [6.45, 7) is 0.625. The molecule has 7 nitrogen and oxygen atoms in total.